The zero-order chi connectivity index (χ0) is 32.5. The Morgan fingerprint density at radius 3 is 1.52 bits per heavy atom. The van der Waals surface area contributed by atoms with Crippen LogP contribution in [-0.4, -0.2) is 78.5 Å². The van der Waals surface area contributed by atoms with Crippen molar-refractivity contribution in [1.29, 1.82) is 0 Å². The molecule has 0 heterocycles. The van der Waals surface area contributed by atoms with Gasteiger partial charge in [-0.05, 0) is 71.1 Å². The fourth-order valence-corrected chi connectivity index (χ4v) is 7.94. The highest BCUT2D eigenvalue weighted by atomic mass is 32.2. The highest BCUT2D eigenvalue weighted by Gasteiger charge is 2.36. The molecule has 0 saturated heterocycles. The molecule has 2 rings (SSSR count). The van der Waals surface area contributed by atoms with Gasteiger partial charge in [0.15, 0.2) is 0 Å². The number of hydrogen-bond acceptors (Lipinski definition) is 8. The number of thioether (sulfide) groups is 2. The number of nitrogens with one attached hydrogen (secondary N) is 4. The van der Waals surface area contributed by atoms with Crippen molar-refractivity contribution < 1.29 is 28.7 Å². The van der Waals surface area contributed by atoms with Gasteiger partial charge < -0.3 is 30.7 Å². The highest BCUT2D eigenvalue weighted by Crippen LogP contribution is 2.40. The summed E-state index contributed by atoms with van der Waals surface area (Å²) in [6.07, 6.45) is 10.2. The van der Waals surface area contributed by atoms with E-state index in [9.17, 15) is 19.2 Å². The van der Waals surface area contributed by atoms with E-state index in [-0.39, 0.29) is 28.7 Å². The Hall–Kier alpha value is -1.82. The van der Waals surface area contributed by atoms with Gasteiger partial charge in [-0.2, -0.15) is 0 Å². The molecule has 4 N–H and O–H groups in total. The van der Waals surface area contributed by atoms with Crippen molar-refractivity contribution in [1.82, 2.24) is 21.3 Å². The molecule has 2 saturated carbocycles. The van der Waals surface area contributed by atoms with E-state index in [1.54, 1.807) is 23.5 Å². The van der Waals surface area contributed by atoms with Crippen molar-refractivity contribution in [2.75, 3.05) is 42.8 Å². The van der Waals surface area contributed by atoms with Gasteiger partial charge in [-0.3, -0.25) is 9.59 Å². The van der Waals surface area contributed by atoms with Crippen LogP contribution in [0, 0.1) is 10.8 Å². The summed E-state index contributed by atoms with van der Waals surface area (Å²) in [5.41, 5.74) is -0.954. The number of carbonyl (C=O) groups is 4. The SMILES string of the molecule is CC(C)OC(=O)NCC1(CC(=O)NCCSCSCCNC(=O)CC2(CNC(=O)OC(C)(C)C)CCCCC2)CCCCC1. The highest BCUT2D eigenvalue weighted by molar-refractivity contribution is 8.16. The number of hydrogen-bond donors (Lipinski definition) is 4. The summed E-state index contributed by atoms with van der Waals surface area (Å²) >= 11 is 3.54. The molecule has 0 spiro atoms. The standard InChI is InChI=1S/C32H58N4O6S2/c1-25(2)41-28(39)35-22-31(12-8-6-9-13-31)20-26(37)33-16-18-43-24-44-19-17-34-27(38)21-32(14-10-7-11-15-32)23-36-29(40)42-30(3,4)5/h25H,6-24H2,1-5H3,(H,33,37)(H,34,38)(H,35,39)(H,36,40). The minimum atomic E-state index is -0.548. The molecule has 0 atom stereocenters. The van der Waals surface area contributed by atoms with Gasteiger partial charge in [-0.25, -0.2) is 9.59 Å². The average Bonchev–Trinajstić information content (AvgIpc) is 2.94. The van der Waals surface area contributed by atoms with Crippen LogP contribution < -0.4 is 21.3 Å². The summed E-state index contributed by atoms with van der Waals surface area (Å²) in [6, 6.07) is 0. The molecule has 2 aliphatic carbocycles. The van der Waals surface area contributed by atoms with Crippen molar-refractivity contribution in [2.45, 2.75) is 123 Å². The predicted molar refractivity (Wildman–Crippen MR) is 180 cm³/mol. The Labute approximate surface area is 273 Å². The van der Waals surface area contributed by atoms with Crippen molar-refractivity contribution in [3.8, 4) is 0 Å². The number of carbonyl (C=O) groups excluding carboxylic acids is 4. The summed E-state index contributed by atoms with van der Waals surface area (Å²) < 4.78 is 10.6. The second-order valence-corrected chi connectivity index (χ2v) is 16.3. The Morgan fingerprint density at radius 2 is 1.11 bits per heavy atom. The van der Waals surface area contributed by atoms with Crippen LogP contribution in [0.1, 0.15) is 112 Å². The van der Waals surface area contributed by atoms with Gasteiger partial charge in [0, 0.05) is 55.6 Å². The zero-order valence-corrected chi connectivity index (χ0v) is 29.4. The number of ether oxygens (including phenoxy) is 2. The number of amides is 4. The number of rotatable bonds is 17. The first kappa shape index (κ1) is 38.4. The minimum absolute atomic E-state index is 0.0385. The first-order valence-corrected chi connectivity index (χ1v) is 18.7. The summed E-state index contributed by atoms with van der Waals surface area (Å²) in [7, 11) is 0. The zero-order valence-electron chi connectivity index (χ0n) is 27.8. The Balaban J connectivity index is 1.58. The van der Waals surface area contributed by atoms with Crippen molar-refractivity contribution in [3.63, 3.8) is 0 Å². The van der Waals surface area contributed by atoms with E-state index in [1.165, 1.54) is 12.8 Å². The van der Waals surface area contributed by atoms with Crippen LogP contribution in [0.3, 0.4) is 0 Å². The van der Waals surface area contributed by atoms with E-state index >= 15 is 0 Å². The third kappa shape index (κ3) is 16.5. The molecule has 0 unspecified atom stereocenters. The molecule has 12 heteroatoms. The van der Waals surface area contributed by atoms with Gasteiger partial charge >= 0.3 is 12.2 Å². The fraction of sp³-hybridized carbons (Fsp3) is 0.875. The van der Waals surface area contributed by atoms with Gasteiger partial charge in [0.2, 0.25) is 11.8 Å². The lowest BCUT2D eigenvalue weighted by Gasteiger charge is -2.37. The second kappa shape index (κ2) is 19.6. The van der Waals surface area contributed by atoms with Crippen molar-refractivity contribution in [3.05, 3.63) is 0 Å². The Kier molecular flexibility index (Phi) is 17.1. The lowest BCUT2D eigenvalue weighted by Crippen LogP contribution is -2.44. The normalized spacial score (nSPS) is 17.8. The third-order valence-corrected chi connectivity index (χ3v) is 10.5. The molecule has 2 fully saturated rings. The second-order valence-electron chi connectivity index (χ2n) is 13.8. The minimum Gasteiger partial charge on any atom is -0.447 e. The van der Waals surface area contributed by atoms with Crippen LogP contribution in [0.15, 0.2) is 0 Å². The molecular weight excluding hydrogens is 601 g/mol. The molecule has 4 amide bonds. The topological polar surface area (TPSA) is 135 Å². The van der Waals surface area contributed by atoms with E-state index in [4.69, 9.17) is 9.47 Å². The predicted octanol–water partition coefficient (Wildman–Crippen LogP) is 5.98. The molecule has 0 aromatic heterocycles. The molecule has 0 aliphatic heterocycles. The van der Waals surface area contributed by atoms with Crippen LogP contribution in [-0.2, 0) is 19.1 Å². The van der Waals surface area contributed by atoms with Gasteiger partial charge in [0.1, 0.15) is 5.60 Å². The third-order valence-electron chi connectivity index (χ3n) is 8.16. The van der Waals surface area contributed by atoms with Crippen LogP contribution in [0.25, 0.3) is 0 Å². The van der Waals surface area contributed by atoms with E-state index in [1.807, 2.05) is 34.6 Å². The molecule has 0 radical (unpaired) electrons. The van der Waals surface area contributed by atoms with E-state index < -0.39 is 17.8 Å². The largest absolute Gasteiger partial charge is 0.447 e. The molecule has 2 aliphatic rings. The maximum Gasteiger partial charge on any atom is 0.407 e. The van der Waals surface area contributed by atoms with Crippen LogP contribution in [0.5, 0.6) is 0 Å². The maximum absolute atomic E-state index is 12.8. The summed E-state index contributed by atoms with van der Waals surface area (Å²) in [5, 5.41) is 12.8. The fourth-order valence-electron chi connectivity index (χ4n) is 6.03. The Bertz CT molecular complexity index is 900. The lowest BCUT2D eigenvalue weighted by atomic mass is 9.71. The van der Waals surface area contributed by atoms with Crippen molar-refractivity contribution in [2.24, 2.45) is 10.8 Å². The smallest absolute Gasteiger partial charge is 0.407 e. The quantitative estimate of drug-likeness (QED) is 0.111. The van der Waals surface area contributed by atoms with E-state index in [0.717, 1.165) is 68.0 Å². The van der Waals surface area contributed by atoms with Crippen molar-refractivity contribution >= 4 is 47.5 Å². The number of alkyl carbamates (subject to hydrolysis) is 2. The molecule has 0 aromatic carbocycles. The monoisotopic (exact) mass is 658 g/mol. The summed E-state index contributed by atoms with van der Waals surface area (Å²) in [5.74, 6) is 1.73. The lowest BCUT2D eigenvalue weighted by molar-refractivity contribution is -0.124. The van der Waals surface area contributed by atoms with E-state index in [2.05, 4.69) is 21.3 Å². The molecule has 0 aromatic rings. The van der Waals surface area contributed by atoms with Crippen LogP contribution in [0.4, 0.5) is 9.59 Å². The maximum atomic E-state index is 12.8. The molecule has 44 heavy (non-hydrogen) atoms. The van der Waals surface area contributed by atoms with Gasteiger partial charge in [-0.15, -0.1) is 23.5 Å². The average molecular weight is 659 g/mol. The first-order valence-electron chi connectivity index (χ1n) is 16.4. The van der Waals surface area contributed by atoms with Crippen LogP contribution in [0.2, 0.25) is 0 Å². The first-order chi connectivity index (χ1) is 20.8. The summed E-state index contributed by atoms with van der Waals surface area (Å²) in [4.78, 5) is 49.7. The van der Waals surface area contributed by atoms with E-state index in [0.29, 0.717) is 39.0 Å². The Morgan fingerprint density at radius 1 is 0.682 bits per heavy atom. The molecule has 10 nitrogen and oxygen atoms in total. The molecule has 254 valence electrons. The van der Waals surface area contributed by atoms with Gasteiger partial charge in [-0.1, -0.05) is 38.5 Å². The van der Waals surface area contributed by atoms with Crippen LogP contribution >= 0.6 is 23.5 Å². The summed E-state index contributed by atoms with van der Waals surface area (Å²) in [6.45, 7) is 11.3. The molecular formula is C32H58N4O6S2. The van der Waals surface area contributed by atoms with Gasteiger partial charge in [0.05, 0.1) is 6.10 Å². The van der Waals surface area contributed by atoms with Gasteiger partial charge in [0.25, 0.3) is 0 Å². The molecule has 0 bridgehead atoms.